The number of terminal acetylenes is 1. The molecule has 1 aliphatic carbocycles. The summed E-state index contributed by atoms with van der Waals surface area (Å²) in [6.45, 7) is 0. The van der Waals surface area contributed by atoms with E-state index in [9.17, 15) is 0 Å². The van der Waals surface area contributed by atoms with Gasteiger partial charge >= 0.3 is 0 Å². The standard InChI is InChI=1S/C12H13N/c1-2-9-3-5-10(6-4-9)12(13)11-7-8-11/h1,3-6,11-12H,7-8,13H2/t12-/m1/s1. The van der Waals surface area contributed by atoms with E-state index in [-0.39, 0.29) is 6.04 Å². The largest absolute Gasteiger partial charge is 0.324 e. The van der Waals surface area contributed by atoms with Gasteiger partial charge in [-0.25, -0.2) is 0 Å². The van der Waals surface area contributed by atoms with Crippen LogP contribution < -0.4 is 5.73 Å². The van der Waals surface area contributed by atoms with Crippen LogP contribution in [0.3, 0.4) is 0 Å². The van der Waals surface area contributed by atoms with Gasteiger partial charge in [0.25, 0.3) is 0 Å². The van der Waals surface area contributed by atoms with Crippen LogP contribution in [0, 0.1) is 18.3 Å². The Morgan fingerprint density at radius 3 is 2.38 bits per heavy atom. The van der Waals surface area contributed by atoms with Gasteiger partial charge in [-0.05, 0) is 36.5 Å². The molecule has 0 saturated heterocycles. The Bertz CT molecular complexity index is 327. The molecule has 0 amide bonds. The van der Waals surface area contributed by atoms with Gasteiger partial charge in [-0.3, -0.25) is 0 Å². The van der Waals surface area contributed by atoms with Crippen molar-refractivity contribution in [3.05, 3.63) is 35.4 Å². The fraction of sp³-hybridized carbons (Fsp3) is 0.333. The molecule has 1 atom stereocenters. The number of hydrogen-bond donors (Lipinski definition) is 1. The van der Waals surface area contributed by atoms with Crippen LogP contribution >= 0.6 is 0 Å². The lowest BCUT2D eigenvalue weighted by atomic mass is 10.0. The van der Waals surface area contributed by atoms with Crippen LogP contribution in [-0.2, 0) is 0 Å². The fourth-order valence-electron chi connectivity index (χ4n) is 1.53. The zero-order valence-corrected chi connectivity index (χ0v) is 7.53. The molecule has 1 aromatic rings. The molecule has 1 fully saturated rings. The van der Waals surface area contributed by atoms with Crippen molar-refractivity contribution in [2.45, 2.75) is 18.9 Å². The highest BCUT2D eigenvalue weighted by Gasteiger charge is 2.29. The molecule has 0 radical (unpaired) electrons. The van der Waals surface area contributed by atoms with Gasteiger partial charge < -0.3 is 5.73 Å². The Hall–Kier alpha value is -1.26. The summed E-state index contributed by atoms with van der Waals surface area (Å²) >= 11 is 0. The Kier molecular flexibility index (Phi) is 2.08. The fourth-order valence-corrected chi connectivity index (χ4v) is 1.53. The lowest BCUT2D eigenvalue weighted by molar-refractivity contribution is 0.633. The normalized spacial score (nSPS) is 17.8. The van der Waals surface area contributed by atoms with E-state index in [1.54, 1.807) is 0 Å². The van der Waals surface area contributed by atoms with Crippen molar-refractivity contribution < 1.29 is 0 Å². The Balaban J connectivity index is 2.17. The lowest BCUT2D eigenvalue weighted by Crippen LogP contribution is -2.11. The summed E-state index contributed by atoms with van der Waals surface area (Å²) in [7, 11) is 0. The van der Waals surface area contributed by atoms with Crippen LogP contribution in [0.15, 0.2) is 24.3 Å². The number of benzene rings is 1. The van der Waals surface area contributed by atoms with Crippen LogP contribution in [0.5, 0.6) is 0 Å². The molecule has 0 unspecified atom stereocenters. The van der Waals surface area contributed by atoms with E-state index < -0.39 is 0 Å². The van der Waals surface area contributed by atoms with Crippen molar-refractivity contribution in [2.24, 2.45) is 11.7 Å². The minimum absolute atomic E-state index is 0.215. The molecule has 0 aromatic heterocycles. The molecule has 0 heterocycles. The van der Waals surface area contributed by atoms with Gasteiger partial charge in [0.1, 0.15) is 0 Å². The first-order chi connectivity index (χ1) is 6.31. The average molecular weight is 171 g/mol. The molecule has 1 heteroatoms. The van der Waals surface area contributed by atoms with Crippen molar-refractivity contribution in [1.29, 1.82) is 0 Å². The molecule has 1 nitrogen and oxygen atoms in total. The van der Waals surface area contributed by atoms with Crippen LogP contribution in [0.25, 0.3) is 0 Å². The van der Waals surface area contributed by atoms with Gasteiger partial charge in [-0.2, -0.15) is 0 Å². The average Bonchev–Trinajstić information content (AvgIpc) is 3.00. The van der Waals surface area contributed by atoms with E-state index >= 15 is 0 Å². The van der Waals surface area contributed by atoms with Crippen molar-refractivity contribution in [2.75, 3.05) is 0 Å². The van der Waals surface area contributed by atoms with Gasteiger partial charge in [0.15, 0.2) is 0 Å². The third-order valence-corrected chi connectivity index (χ3v) is 2.59. The second kappa shape index (κ2) is 3.24. The molecule has 1 aromatic carbocycles. The van der Waals surface area contributed by atoms with Gasteiger partial charge in [0, 0.05) is 11.6 Å². The lowest BCUT2D eigenvalue weighted by Gasteiger charge is -2.09. The minimum Gasteiger partial charge on any atom is -0.324 e. The topological polar surface area (TPSA) is 26.0 Å². The highest BCUT2D eigenvalue weighted by atomic mass is 14.7. The summed E-state index contributed by atoms with van der Waals surface area (Å²) < 4.78 is 0. The van der Waals surface area contributed by atoms with Crippen LogP contribution in [0.4, 0.5) is 0 Å². The second-order valence-corrected chi connectivity index (χ2v) is 3.63. The Labute approximate surface area is 79.0 Å². The van der Waals surface area contributed by atoms with Gasteiger partial charge in [0.2, 0.25) is 0 Å². The third-order valence-electron chi connectivity index (χ3n) is 2.59. The van der Waals surface area contributed by atoms with Gasteiger partial charge in [0.05, 0.1) is 0 Å². The van der Waals surface area contributed by atoms with Crippen LogP contribution in [0.1, 0.15) is 30.0 Å². The monoisotopic (exact) mass is 171 g/mol. The Morgan fingerprint density at radius 2 is 1.92 bits per heavy atom. The number of rotatable bonds is 2. The highest BCUT2D eigenvalue weighted by Crippen LogP contribution is 2.39. The zero-order chi connectivity index (χ0) is 9.26. The Morgan fingerprint density at radius 1 is 1.31 bits per heavy atom. The molecule has 0 bridgehead atoms. The first kappa shape index (κ1) is 8.34. The molecular formula is C12H13N. The second-order valence-electron chi connectivity index (χ2n) is 3.63. The van der Waals surface area contributed by atoms with Crippen LogP contribution in [0.2, 0.25) is 0 Å². The van der Waals surface area contributed by atoms with E-state index in [2.05, 4.69) is 5.92 Å². The quantitative estimate of drug-likeness (QED) is 0.677. The van der Waals surface area contributed by atoms with E-state index in [4.69, 9.17) is 12.2 Å². The predicted octanol–water partition coefficient (Wildman–Crippen LogP) is 2.08. The molecule has 0 aliphatic heterocycles. The highest BCUT2D eigenvalue weighted by molar-refractivity contribution is 5.35. The molecule has 2 rings (SSSR count). The summed E-state index contributed by atoms with van der Waals surface area (Å²) in [5.41, 5.74) is 8.17. The van der Waals surface area contributed by atoms with Crippen molar-refractivity contribution in [3.63, 3.8) is 0 Å². The smallest absolute Gasteiger partial charge is 0.0323 e. The summed E-state index contributed by atoms with van der Waals surface area (Å²) in [6, 6.07) is 8.21. The molecule has 66 valence electrons. The van der Waals surface area contributed by atoms with Crippen molar-refractivity contribution in [1.82, 2.24) is 0 Å². The molecule has 13 heavy (non-hydrogen) atoms. The molecular weight excluding hydrogens is 158 g/mol. The van der Waals surface area contributed by atoms with Gasteiger partial charge in [-0.1, -0.05) is 18.1 Å². The van der Waals surface area contributed by atoms with Gasteiger partial charge in [-0.15, -0.1) is 6.42 Å². The first-order valence-corrected chi connectivity index (χ1v) is 4.63. The summed E-state index contributed by atoms with van der Waals surface area (Å²) in [5.74, 6) is 3.30. The third kappa shape index (κ3) is 1.74. The van der Waals surface area contributed by atoms with E-state index in [1.165, 1.54) is 18.4 Å². The van der Waals surface area contributed by atoms with E-state index in [0.717, 1.165) is 5.56 Å². The molecule has 2 N–H and O–H groups in total. The maximum atomic E-state index is 6.04. The molecule has 1 saturated carbocycles. The van der Waals surface area contributed by atoms with E-state index in [1.807, 2.05) is 24.3 Å². The maximum Gasteiger partial charge on any atom is 0.0323 e. The van der Waals surface area contributed by atoms with Crippen molar-refractivity contribution >= 4 is 0 Å². The SMILES string of the molecule is C#Cc1ccc([C@@H](N)C2CC2)cc1. The zero-order valence-electron chi connectivity index (χ0n) is 7.53. The molecule has 1 aliphatic rings. The minimum atomic E-state index is 0.215. The summed E-state index contributed by atoms with van der Waals surface area (Å²) in [6.07, 6.45) is 7.82. The number of nitrogens with two attached hydrogens (primary N) is 1. The molecule has 0 spiro atoms. The van der Waals surface area contributed by atoms with Crippen molar-refractivity contribution in [3.8, 4) is 12.3 Å². The summed E-state index contributed by atoms with van der Waals surface area (Å²) in [4.78, 5) is 0. The predicted molar refractivity (Wildman–Crippen MR) is 54.0 cm³/mol. The first-order valence-electron chi connectivity index (χ1n) is 4.63. The number of hydrogen-bond acceptors (Lipinski definition) is 1. The van der Waals surface area contributed by atoms with Crippen LogP contribution in [-0.4, -0.2) is 0 Å². The maximum absolute atomic E-state index is 6.04. The van der Waals surface area contributed by atoms with E-state index in [0.29, 0.717) is 5.92 Å². The summed E-state index contributed by atoms with van der Waals surface area (Å²) in [5, 5.41) is 0.